The Morgan fingerprint density at radius 3 is 2.67 bits per heavy atom. The van der Waals surface area contributed by atoms with Gasteiger partial charge in [0.1, 0.15) is 5.82 Å². The molecule has 1 aromatic rings. The van der Waals surface area contributed by atoms with E-state index in [4.69, 9.17) is 5.11 Å². The number of likely N-dealkylation sites (tertiary alicyclic amines) is 1. The van der Waals surface area contributed by atoms with Crippen molar-refractivity contribution in [3.8, 4) is 0 Å². The molecule has 2 heterocycles. The monoisotopic (exact) mass is 377 g/mol. The number of anilines is 1. The summed E-state index contributed by atoms with van der Waals surface area (Å²) < 4.78 is 14.2. The first kappa shape index (κ1) is 19.8. The number of halogens is 1. The predicted molar refractivity (Wildman–Crippen MR) is 101 cm³/mol. The highest BCUT2D eigenvalue weighted by molar-refractivity contribution is 5.98. The maximum Gasteiger partial charge on any atom is 0.317 e. The van der Waals surface area contributed by atoms with E-state index in [-0.39, 0.29) is 30.4 Å². The second-order valence-electron chi connectivity index (χ2n) is 7.53. The summed E-state index contributed by atoms with van der Waals surface area (Å²) in [5.74, 6) is -1.21. The maximum atomic E-state index is 14.2. The molecule has 0 spiro atoms. The number of aliphatic carboxylic acids is 1. The Morgan fingerprint density at radius 1 is 1.19 bits per heavy atom. The molecule has 3 rings (SSSR count). The molecule has 0 saturated carbocycles. The fourth-order valence-electron chi connectivity index (χ4n) is 4.30. The van der Waals surface area contributed by atoms with Gasteiger partial charge in [0.15, 0.2) is 0 Å². The zero-order valence-electron chi connectivity index (χ0n) is 15.8. The van der Waals surface area contributed by atoms with Gasteiger partial charge in [-0.3, -0.25) is 19.4 Å². The first-order chi connectivity index (χ1) is 13.0. The number of carbonyl (C=O) groups is 2. The van der Waals surface area contributed by atoms with Gasteiger partial charge in [-0.1, -0.05) is 12.1 Å². The van der Waals surface area contributed by atoms with Crippen LogP contribution in [0.2, 0.25) is 0 Å². The number of likely N-dealkylation sites (N-methyl/N-ethyl adjacent to an activating group) is 1. The van der Waals surface area contributed by atoms with Crippen molar-refractivity contribution in [2.45, 2.75) is 44.2 Å². The van der Waals surface area contributed by atoms with Gasteiger partial charge < -0.3 is 10.0 Å². The number of piperidine rings is 1. The first-order valence-corrected chi connectivity index (χ1v) is 9.69. The van der Waals surface area contributed by atoms with E-state index >= 15 is 0 Å². The fourth-order valence-corrected chi connectivity index (χ4v) is 4.30. The molecule has 2 atom stereocenters. The number of hydrogen-bond acceptors (Lipinski definition) is 4. The Hall–Kier alpha value is -1.99. The van der Waals surface area contributed by atoms with Crippen LogP contribution in [0.3, 0.4) is 0 Å². The van der Waals surface area contributed by atoms with Crippen LogP contribution in [0.1, 0.15) is 32.1 Å². The van der Waals surface area contributed by atoms with Crippen LogP contribution in [-0.2, 0) is 9.59 Å². The van der Waals surface area contributed by atoms with Crippen molar-refractivity contribution in [3.63, 3.8) is 0 Å². The molecule has 1 N–H and O–H groups in total. The number of amides is 1. The van der Waals surface area contributed by atoms with Gasteiger partial charge in [-0.2, -0.15) is 0 Å². The van der Waals surface area contributed by atoms with E-state index in [1.165, 1.54) is 6.07 Å². The van der Waals surface area contributed by atoms with Gasteiger partial charge in [0.05, 0.1) is 18.3 Å². The molecule has 2 aliphatic heterocycles. The van der Waals surface area contributed by atoms with Crippen molar-refractivity contribution in [2.75, 3.05) is 38.1 Å². The Kier molecular flexibility index (Phi) is 6.44. The molecule has 2 unspecified atom stereocenters. The Balaban J connectivity index is 1.66. The van der Waals surface area contributed by atoms with Crippen LogP contribution in [0.4, 0.5) is 10.1 Å². The predicted octanol–water partition coefficient (Wildman–Crippen LogP) is 2.19. The molecule has 2 aliphatic rings. The molecule has 27 heavy (non-hydrogen) atoms. The molecule has 0 radical (unpaired) electrons. The van der Waals surface area contributed by atoms with E-state index in [1.54, 1.807) is 23.1 Å². The lowest BCUT2D eigenvalue weighted by molar-refractivity contribution is -0.138. The highest BCUT2D eigenvalue weighted by Crippen LogP contribution is 2.27. The molecule has 6 nitrogen and oxygen atoms in total. The Bertz CT molecular complexity index is 684. The molecular formula is C20H28FN3O3. The van der Waals surface area contributed by atoms with Crippen molar-refractivity contribution in [2.24, 2.45) is 0 Å². The van der Waals surface area contributed by atoms with E-state index in [2.05, 4.69) is 4.90 Å². The van der Waals surface area contributed by atoms with Crippen LogP contribution in [0.5, 0.6) is 0 Å². The molecule has 1 aromatic carbocycles. The first-order valence-electron chi connectivity index (χ1n) is 9.69. The summed E-state index contributed by atoms with van der Waals surface area (Å²) in [7, 11) is 1.85. The topological polar surface area (TPSA) is 64.1 Å². The van der Waals surface area contributed by atoms with Gasteiger partial charge >= 0.3 is 5.97 Å². The molecule has 0 bridgehead atoms. The lowest BCUT2D eigenvalue weighted by Crippen LogP contribution is -2.53. The van der Waals surface area contributed by atoms with Crippen LogP contribution in [0.25, 0.3) is 0 Å². The van der Waals surface area contributed by atoms with Crippen LogP contribution in [0.15, 0.2) is 24.3 Å². The van der Waals surface area contributed by atoms with Gasteiger partial charge in [-0.15, -0.1) is 0 Å². The second-order valence-corrected chi connectivity index (χ2v) is 7.53. The minimum Gasteiger partial charge on any atom is -0.480 e. The van der Waals surface area contributed by atoms with Gasteiger partial charge in [-0.25, -0.2) is 4.39 Å². The van der Waals surface area contributed by atoms with Gasteiger partial charge in [0.2, 0.25) is 5.91 Å². The van der Waals surface area contributed by atoms with E-state index in [1.807, 2.05) is 11.9 Å². The number of hydrogen-bond donors (Lipinski definition) is 1. The standard InChI is InChI=1S/C20H28FN3O3/c1-22(14-19(25)26)15-6-4-11-23(13-10-15)18-9-5-12-24(20(18)27)17-8-3-2-7-16(17)21/h2-3,7-8,15,18H,4-6,9-14H2,1H3,(H,25,26). The lowest BCUT2D eigenvalue weighted by Gasteiger charge is -2.38. The Morgan fingerprint density at radius 2 is 1.93 bits per heavy atom. The number of para-hydroxylation sites is 1. The SMILES string of the molecule is CN(CC(=O)O)C1CCCN(C2CCCN(c3ccccc3F)C2=O)CC1. The van der Waals surface area contributed by atoms with Crippen molar-refractivity contribution < 1.29 is 19.1 Å². The minimum atomic E-state index is -0.818. The molecular weight excluding hydrogens is 349 g/mol. The third-order valence-electron chi connectivity index (χ3n) is 5.73. The van der Waals surface area contributed by atoms with Crippen LogP contribution >= 0.6 is 0 Å². The maximum absolute atomic E-state index is 14.2. The van der Waals surface area contributed by atoms with Gasteiger partial charge in [0, 0.05) is 19.1 Å². The largest absolute Gasteiger partial charge is 0.480 e. The molecule has 2 fully saturated rings. The highest BCUT2D eigenvalue weighted by Gasteiger charge is 2.36. The van der Waals surface area contributed by atoms with E-state index in [9.17, 15) is 14.0 Å². The summed E-state index contributed by atoms with van der Waals surface area (Å²) in [6.07, 6.45) is 4.34. The highest BCUT2D eigenvalue weighted by atomic mass is 19.1. The summed E-state index contributed by atoms with van der Waals surface area (Å²) >= 11 is 0. The van der Waals surface area contributed by atoms with E-state index in [0.717, 1.165) is 45.2 Å². The fraction of sp³-hybridized carbons (Fsp3) is 0.600. The molecule has 0 aliphatic carbocycles. The van der Waals surface area contributed by atoms with Crippen LogP contribution in [0, 0.1) is 5.82 Å². The van der Waals surface area contributed by atoms with Crippen molar-refractivity contribution in [3.05, 3.63) is 30.1 Å². The second kappa shape index (κ2) is 8.80. The van der Waals surface area contributed by atoms with E-state index < -0.39 is 5.97 Å². The van der Waals surface area contributed by atoms with E-state index in [0.29, 0.717) is 12.2 Å². The van der Waals surface area contributed by atoms with Crippen molar-refractivity contribution >= 4 is 17.6 Å². The number of nitrogens with zero attached hydrogens (tertiary/aromatic N) is 3. The van der Waals surface area contributed by atoms with Crippen LogP contribution < -0.4 is 4.90 Å². The quantitative estimate of drug-likeness (QED) is 0.852. The number of carboxylic acids is 1. The molecule has 148 valence electrons. The third-order valence-corrected chi connectivity index (χ3v) is 5.73. The molecule has 1 amide bonds. The number of carbonyl (C=O) groups excluding carboxylic acids is 1. The van der Waals surface area contributed by atoms with Gasteiger partial charge in [-0.05, 0) is 57.8 Å². The zero-order chi connectivity index (χ0) is 19.4. The average molecular weight is 377 g/mol. The minimum absolute atomic E-state index is 0.0244. The van der Waals surface area contributed by atoms with Gasteiger partial charge in [0.25, 0.3) is 0 Å². The number of carboxylic acid groups (broad SMARTS) is 1. The number of rotatable bonds is 5. The summed E-state index contributed by atoms with van der Waals surface area (Å²) in [6, 6.07) is 6.43. The number of benzene rings is 1. The lowest BCUT2D eigenvalue weighted by atomic mass is 10.0. The summed E-state index contributed by atoms with van der Waals surface area (Å²) in [5, 5.41) is 9.00. The summed E-state index contributed by atoms with van der Waals surface area (Å²) in [4.78, 5) is 29.7. The van der Waals surface area contributed by atoms with Crippen LogP contribution in [-0.4, -0.2) is 72.1 Å². The normalized spacial score (nSPS) is 24.9. The average Bonchev–Trinajstić information content (AvgIpc) is 2.88. The zero-order valence-corrected chi connectivity index (χ0v) is 15.8. The smallest absolute Gasteiger partial charge is 0.317 e. The van der Waals surface area contributed by atoms with Crippen molar-refractivity contribution in [1.29, 1.82) is 0 Å². The van der Waals surface area contributed by atoms with Crippen molar-refractivity contribution in [1.82, 2.24) is 9.80 Å². The Labute approximate surface area is 159 Å². The third kappa shape index (κ3) is 4.65. The molecule has 2 saturated heterocycles. The molecule has 0 aromatic heterocycles. The summed E-state index contributed by atoms with van der Waals surface area (Å²) in [5.41, 5.74) is 0.362. The summed E-state index contributed by atoms with van der Waals surface area (Å²) in [6.45, 7) is 2.16. The molecule has 7 heteroatoms.